The van der Waals surface area contributed by atoms with Crippen LogP contribution in [0, 0.1) is 12.7 Å². The third kappa shape index (κ3) is 3.67. The van der Waals surface area contributed by atoms with Crippen LogP contribution in [-0.4, -0.2) is 25.2 Å². The molecule has 4 rings (SSSR count). The highest BCUT2D eigenvalue weighted by Crippen LogP contribution is 2.22. The molecular weight excluding hydrogens is 369 g/mol. The van der Waals surface area contributed by atoms with E-state index >= 15 is 0 Å². The lowest BCUT2D eigenvalue weighted by Crippen LogP contribution is -2.31. The van der Waals surface area contributed by atoms with Crippen LogP contribution in [0.4, 0.5) is 4.39 Å². The summed E-state index contributed by atoms with van der Waals surface area (Å²) in [5.74, 6) is 0.0405. The molecule has 0 spiro atoms. The van der Waals surface area contributed by atoms with E-state index in [1.54, 1.807) is 35.4 Å². The third-order valence-electron chi connectivity index (χ3n) is 4.85. The summed E-state index contributed by atoms with van der Waals surface area (Å²) in [5, 5.41) is 7.38. The van der Waals surface area contributed by atoms with Crippen molar-refractivity contribution in [2.45, 2.75) is 13.0 Å². The number of para-hydroxylation sites is 1. The van der Waals surface area contributed by atoms with E-state index in [1.807, 2.05) is 48.9 Å². The molecule has 6 nitrogen and oxygen atoms in total. The van der Waals surface area contributed by atoms with E-state index < -0.39 is 6.04 Å². The lowest BCUT2D eigenvalue weighted by atomic mass is 10.1. The first kappa shape index (κ1) is 18.6. The van der Waals surface area contributed by atoms with E-state index in [1.165, 1.54) is 12.1 Å². The summed E-state index contributed by atoms with van der Waals surface area (Å²) in [4.78, 5) is 17.5. The summed E-state index contributed by atoms with van der Waals surface area (Å²) < 4.78 is 16.9. The first-order chi connectivity index (χ1) is 14.0. The van der Waals surface area contributed by atoms with E-state index in [-0.39, 0.29) is 11.7 Å². The maximum Gasteiger partial charge on any atom is 0.255 e. The third-order valence-corrected chi connectivity index (χ3v) is 4.85. The number of benzene rings is 2. The average molecular weight is 389 g/mol. The van der Waals surface area contributed by atoms with Gasteiger partial charge in [-0.1, -0.05) is 30.3 Å². The number of carbonyl (C=O) groups excluding carboxylic acids is 1. The van der Waals surface area contributed by atoms with Gasteiger partial charge in [0.15, 0.2) is 0 Å². The van der Waals surface area contributed by atoms with Gasteiger partial charge in [0, 0.05) is 19.4 Å². The Hall–Kier alpha value is -3.74. The molecule has 0 aliphatic rings. The van der Waals surface area contributed by atoms with Crippen LogP contribution >= 0.6 is 0 Å². The predicted octanol–water partition coefficient (Wildman–Crippen LogP) is 3.57. The molecule has 0 saturated heterocycles. The molecule has 1 amide bonds. The Kier molecular flexibility index (Phi) is 4.95. The van der Waals surface area contributed by atoms with Crippen molar-refractivity contribution in [3.05, 3.63) is 102 Å². The number of rotatable bonds is 5. The maximum absolute atomic E-state index is 13.4. The highest BCUT2D eigenvalue weighted by Gasteiger charge is 2.24. The highest BCUT2D eigenvalue weighted by atomic mass is 19.1. The normalized spacial score (nSPS) is 12.0. The molecule has 2 aromatic heterocycles. The monoisotopic (exact) mass is 389 g/mol. The van der Waals surface area contributed by atoms with Crippen molar-refractivity contribution in [1.29, 1.82) is 0 Å². The van der Waals surface area contributed by atoms with E-state index in [0.717, 1.165) is 16.9 Å². The number of hydrogen-bond donors (Lipinski definition) is 1. The molecule has 2 aromatic carbocycles. The Morgan fingerprint density at radius 1 is 1.10 bits per heavy atom. The quantitative estimate of drug-likeness (QED) is 0.568. The van der Waals surface area contributed by atoms with Gasteiger partial charge in [0.25, 0.3) is 5.91 Å². The highest BCUT2D eigenvalue weighted by molar-refractivity contribution is 5.95. The van der Waals surface area contributed by atoms with Crippen molar-refractivity contribution in [2.24, 2.45) is 7.05 Å². The number of amides is 1. The molecule has 0 bridgehead atoms. The Morgan fingerprint density at radius 3 is 2.48 bits per heavy atom. The zero-order chi connectivity index (χ0) is 20.4. The van der Waals surface area contributed by atoms with Crippen LogP contribution in [0.1, 0.15) is 33.5 Å². The van der Waals surface area contributed by atoms with E-state index in [0.29, 0.717) is 11.4 Å². The van der Waals surface area contributed by atoms with Gasteiger partial charge in [0.05, 0.1) is 23.1 Å². The second-order valence-corrected chi connectivity index (χ2v) is 6.75. The second-order valence-electron chi connectivity index (χ2n) is 6.75. The van der Waals surface area contributed by atoms with Crippen LogP contribution in [0.15, 0.2) is 73.2 Å². The largest absolute Gasteiger partial charge is 0.338 e. The van der Waals surface area contributed by atoms with Crippen molar-refractivity contribution in [2.75, 3.05) is 0 Å². The molecule has 146 valence electrons. The van der Waals surface area contributed by atoms with Gasteiger partial charge in [-0.15, -0.1) is 0 Å². The van der Waals surface area contributed by atoms with Crippen molar-refractivity contribution in [3.63, 3.8) is 0 Å². The minimum absolute atomic E-state index is 0.276. The molecule has 0 aliphatic heterocycles. The zero-order valence-corrected chi connectivity index (χ0v) is 16.1. The van der Waals surface area contributed by atoms with Gasteiger partial charge >= 0.3 is 0 Å². The summed E-state index contributed by atoms with van der Waals surface area (Å²) in [6, 6.07) is 15.1. The molecule has 2 heterocycles. The molecule has 1 atom stereocenters. The van der Waals surface area contributed by atoms with E-state index in [9.17, 15) is 9.18 Å². The Balaban J connectivity index is 1.66. The fourth-order valence-electron chi connectivity index (χ4n) is 3.28. The number of hydrogen-bond acceptors (Lipinski definition) is 3. The van der Waals surface area contributed by atoms with Gasteiger partial charge in [-0.25, -0.2) is 14.1 Å². The Labute approximate surface area is 167 Å². The molecule has 1 unspecified atom stereocenters. The van der Waals surface area contributed by atoms with Crippen LogP contribution in [0.3, 0.4) is 0 Å². The van der Waals surface area contributed by atoms with Crippen LogP contribution in [0.5, 0.6) is 0 Å². The van der Waals surface area contributed by atoms with Crippen LogP contribution < -0.4 is 5.32 Å². The molecule has 1 N–H and O–H groups in total. The number of aromatic nitrogens is 4. The molecule has 4 aromatic rings. The minimum atomic E-state index is -0.525. The van der Waals surface area contributed by atoms with Gasteiger partial charge in [0.1, 0.15) is 17.7 Å². The Bertz CT molecular complexity index is 1130. The first-order valence-electron chi connectivity index (χ1n) is 9.18. The summed E-state index contributed by atoms with van der Waals surface area (Å²) in [6.07, 6.45) is 5.02. The van der Waals surface area contributed by atoms with Crippen molar-refractivity contribution in [3.8, 4) is 5.69 Å². The predicted molar refractivity (Wildman–Crippen MR) is 107 cm³/mol. The average Bonchev–Trinajstić information content (AvgIpc) is 3.33. The number of imidazole rings is 1. The molecule has 0 radical (unpaired) electrons. The zero-order valence-electron chi connectivity index (χ0n) is 16.1. The fourth-order valence-corrected chi connectivity index (χ4v) is 3.28. The fraction of sp³-hybridized carbons (Fsp3) is 0.136. The van der Waals surface area contributed by atoms with Gasteiger partial charge in [-0.2, -0.15) is 5.10 Å². The van der Waals surface area contributed by atoms with Gasteiger partial charge < -0.3 is 9.88 Å². The molecule has 0 aliphatic carbocycles. The smallest absolute Gasteiger partial charge is 0.255 e. The van der Waals surface area contributed by atoms with Crippen LogP contribution in [0.2, 0.25) is 0 Å². The topological polar surface area (TPSA) is 64.7 Å². The minimum Gasteiger partial charge on any atom is -0.338 e. The number of aryl methyl sites for hydroxylation is 1. The molecule has 0 fully saturated rings. The first-order valence-corrected chi connectivity index (χ1v) is 9.18. The number of carbonyl (C=O) groups is 1. The lowest BCUT2D eigenvalue weighted by molar-refractivity contribution is 0.0940. The van der Waals surface area contributed by atoms with Crippen LogP contribution in [0.25, 0.3) is 5.69 Å². The summed E-state index contributed by atoms with van der Waals surface area (Å²) in [6.45, 7) is 1.85. The lowest BCUT2D eigenvalue weighted by Gasteiger charge is -2.19. The van der Waals surface area contributed by atoms with Gasteiger partial charge in [-0.05, 0) is 36.8 Å². The molecular formula is C22H20FN5O. The summed E-state index contributed by atoms with van der Waals surface area (Å²) in [7, 11) is 1.85. The second kappa shape index (κ2) is 7.71. The van der Waals surface area contributed by atoms with Crippen molar-refractivity contribution < 1.29 is 9.18 Å². The molecule has 0 saturated carbocycles. The molecule has 29 heavy (non-hydrogen) atoms. The van der Waals surface area contributed by atoms with Crippen molar-refractivity contribution >= 4 is 5.91 Å². The maximum atomic E-state index is 13.4. The van der Waals surface area contributed by atoms with E-state index in [4.69, 9.17) is 0 Å². The summed E-state index contributed by atoms with van der Waals surface area (Å²) in [5.41, 5.74) is 2.81. The summed E-state index contributed by atoms with van der Waals surface area (Å²) >= 11 is 0. The van der Waals surface area contributed by atoms with Gasteiger partial charge in [0.2, 0.25) is 0 Å². The number of nitrogens with one attached hydrogen (secondary N) is 1. The van der Waals surface area contributed by atoms with Crippen LogP contribution in [-0.2, 0) is 7.05 Å². The SMILES string of the molecule is Cc1c(C(=O)NC(c2ccc(F)cc2)c2nccn2C)cnn1-c1ccccc1. The standard InChI is InChI=1S/C22H20FN5O/c1-15-19(14-25-28(15)18-6-4-3-5-7-18)22(29)26-20(21-24-12-13-27(21)2)16-8-10-17(23)11-9-16/h3-14,20H,1-2H3,(H,26,29). The van der Waals surface area contributed by atoms with Gasteiger partial charge in [-0.3, -0.25) is 4.79 Å². The van der Waals surface area contributed by atoms with E-state index in [2.05, 4.69) is 15.4 Å². The Morgan fingerprint density at radius 2 is 1.83 bits per heavy atom. The number of halogens is 1. The van der Waals surface area contributed by atoms with Crippen molar-refractivity contribution in [1.82, 2.24) is 24.6 Å². The number of nitrogens with zero attached hydrogens (tertiary/aromatic N) is 4. The molecule has 7 heteroatoms.